The van der Waals surface area contributed by atoms with Crippen LogP contribution in [0.3, 0.4) is 0 Å². The molecule has 0 aliphatic rings. The van der Waals surface area contributed by atoms with Crippen molar-refractivity contribution < 1.29 is 54.9 Å². The van der Waals surface area contributed by atoms with Crippen molar-refractivity contribution in [1.29, 1.82) is 0 Å². The fourth-order valence-electron chi connectivity index (χ4n) is 1.67. The molecule has 0 bridgehead atoms. The minimum absolute atomic E-state index is 0.967. The molecular weight excluding hydrogens is 332 g/mol. The van der Waals surface area contributed by atoms with Gasteiger partial charge >= 0.3 is 11.9 Å². The number of ketones is 1. The summed E-state index contributed by atoms with van der Waals surface area (Å²) < 4.78 is 4.16. The first-order valence-electron chi connectivity index (χ1n) is 6.94. The van der Waals surface area contributed by atoms with Crippen LogP contribution in [0.2, 0.25) is 0 Å². The average molecular weight is 354 g/mol. The molecule has 0 saturated heterocycles. The third kappa shape index (κ3) is 5.87. The lowest BCUT2D eigenvalue weighted by molar-refractivity contribution is -0.174. The van der Waals surface area contributed by atoms with Gasteiger partial charge in [0.15, 0.2) is 5.78 Å². The van der Waals surface area contributed by atoms with Gasteiger partial charge in [-0.1, -0.05) is 0 Å². The van der Waals surface area contributed by atoms with Crippen LogP contribution in [-0.4, -0.2) is 96.7 Å². The van der Waals surface area contributed by atoms with Gasteiger partial charge in [0.05, 0.1) is 12.7 Å². The second kappa shape index (κ2) is 9.74. The van der Waals surface area contributed by atoms with Crippen LogP contribution >= 0.6 is 0 Å². The van der Waals surface area contributed by atoms with Crippen molar-refractivity contribution in [1.82, 2.24) is 0 Å². The van der Waals surface area contributed by atoms with E-state index in [1.807, 2.05) is 0 Å². The lowest BCUT2D eigenvalue weighted by Crippen LogP contribution is -2.52. The summed E-state index contributed by atoms with van der Waals surface area (Å²) in [6.07, 6.45) is -12.2. The molecule has 0 fully saturated rings. The normalized spacial score (nSPS) is 20.2. The molecule has 0 aromatic heterocycles. The van der Waals surface area contributed by atoms with Crippen molar-refractivity contribution in [2.24, 2.45) is 5.92 Å². The zero-order valence-electron chi connectivity index (χ0n) is 13.0. The number of carbonyl (C=O) groups excluding carboxylic acids is 3. The smallest absolute Gasteiger partial charge is 0.342 e. The van der Waals surface area contributed by atoms with E-state index in [4.69, 9.17) is 15.3 Å². The van der Waals surface area contributed by atoms with Gasteiger partial charge in [0, 0.05) is 0 Å². The zero-order chi connectivity index (χ0) is 19.2. The molecule has 24 heavy (non-hydrogen) atoms. The average Bonchev–Trinajstić information content (AvgIpc) is 2.51. The quantitative estimate of drug-likeness (QED) is 0.155. The summed E-state index contributed by atoms with van der Waals surface area (Å²) in [7, 11) is 0. The molecular formula is C13H22O11. The molecule has 7 atom stereocenters. The van der Waals surface area contributed by atoms with Crippen molar-refractivity contribution in [2.75, 3.05) is 6.61 Å². The Morgan fingerprint density at radius 2 is 1.38 bits per heavy atom. The molecule has 0 rings (SSSR count). The van der Waals surface area contributed by atoms with Crippen LogP contribution < -0.4 is 0 Å². The summed E-state index contributed by atoms with van der Waals surface area (Å²) in [5, 5.41) is 65.0. The van der Waals surface area contributed by atoms with Gasteiger partial charge < -0.3 is 40.5 Å². The van der Waals surface area contributed by atoms with E-state index < -0.39 is 66.9 Å². The predicted molar refractivity (Wildman–Crippen MR) is 74.1 cm³/mol. The van der Waals surface area contributed by atoms with Crippen LogP contribution in [0.15, 0.2) is 0 Å². The Morgan fingerprint density at radius 1 is 0.875 bits per heavy atom. The molecule has 11 heteroatoms. The van der Waals surface area contributed by atoms with Gasteiger partial charge in [-0.25, -0.2) is 4.79 Å². The molecule has 0 aliphatic heterocycles. The van der Waals surface area contributed by atoms with Gasteiger partial charge in [0.25, 0.3) is 0 Å². The third-order valence-electron chi connectivity index (χ3n) is 3.13. The number of esters is 2. The standard InChI is InChI=1S/C13H22O11/c1-4(15)7(13(23)24-12(22)5(2)16)9(19)11(21)10(20)8(18)6(17)3-14/h4-8,10-11,14-18,20-21H,3H2,1-2H3/t4?,5?,6-,7?,8-,10+,11+/m1/s1. The van der Waals surface area contributed by atoms with Gasteiger partial charge in [-0.2, -0.15) is 0 Å². The topological polar surface area (TPSA) is 202 Å². The van der Waals surface area contributed by atoms with E-state index in [-0.39, 0.29) is 0 Å². The highest BCUT2D eigenvalue weighted by Gasteiger charge is 2.43. The number of carbonyl (C=O) groups is 3. The van der Waals surface area contributed by atoms with Gasteiger partial charge in [0.1, 0.15) is 36.4 Å². The molecule has 0 heterocycles. The van der Waals surface area contributed by atoms with Crippen LogP contribution in [0.25, 0.3) is 0 Å². The third-order valence-corrected chi connectivity index (χ3v) is 3.13. The second-order valence-corrected chi connectivity index (χ2v) is 5.21. The van der Waals surface area contributed by atoms with Crippen molar-refractivity contribution in [2.45, 2.75) is 50.5 Å². The van der Waals surface area contributed by atoms with E-state index in [9.17, 15) is 34.8 Å². The first-order chi connectivity index (χ1) is 10.9. The number of hydrogen-bond donors (Lipinski definition) is 7. The summed E-state index contributed by atoms with van der Waals surface area (Å²) in [6, 6.07) is 0. The van der Waals surface area contributed by atoms with Crippen LogP contribution in [0.1, 0.15) is 13.8 Å². The SMILES string of the molecule is CC(O)C(=O)OC(=O)C(C(=O)[C@H](O)[C@@H](O)[C@H](O)[C@H](O)CO)C(C)O. The molecule has 11 nitrogen and oxygen atoms in total. The fraction of sp³-hybridized carbons (Fsp3) is 0.769. The zero-order valence-corrected chi connectivity index (χ0v) is 13.0. The van der Waals surface area contributed by atoms with Crippen molar-refractivity contribution in [3.63, 3.8) is 0 Å². The Hall–Kier alpha value is -1.47. The van der Waals surface area contributed by atoms with E-state index in [0.717, 1.165) is 13.8 Å². The van der Waals surface area contributed by atoms with Crippen molar-refractivity contribution >= 4 is 17.7 Å². The monoisotopic (exact) mass is 354 g/mol. The molecule has 0 saturated carbocycles. The Bertz CT molecular complexity index is 447. The number of hydrogen-bond acceptors (Lipinski definition) is 11. The molecule has 3 unspecified atom stereocenters. The van der Waals surface area contributed by atoms with Crippen LogP contribution in [0.5, 0.6) is 0 Å². The van der Waals surface area contributed by atoms with Gasteiger partial charge in [-0.15, -0.1) is 0 Å². The Morgan fingerprint density at radius 3 is 1.75 bits per heavy atom. The molecule has 0 spiro atoms. The number of ether oxygens (including phenoxy) is 1. The number of rotatable bonds is 9. The Balaban J connectivity index is 5.21. The molecule has 0 aromatic carbocycles. The van der Waals surface area contributed by atoms with Gasteiger partial charge in [-0.05, 0) is 13.8 Å². The minimum atomic E-state index is -2.44. The molecule has 7 N–H and O–H groups in total. The van der Waals surface area contributed by atoms with Crippen LogP contribution in [-0.2, 0) is 19.1 Å². The minimum Gasteiger partial charge on any atom is -0.394 e. The highest BCUT2D eigenvalue weighted by Crippen LogP contribution is 2.16. The highest BCUT2D eigenvalue weighted by atomic mass is 16.6. The fourth-order valence-corrected chi connectivity index (χ4v) is 1.67. The Labute approximate surface area is 136 Å². The molecule has 0 amide bonds. The first-order valence-corrected chi connectivity index (χ1v) is 6.94. The lowest BCUT2D eigenvalue weighted by atomic mass is 9.90. The van der Waals surface area contributed by atoms with E-state index in [2.05, 4.69) is 4.74 Å². The summed E-state index contributed by atoms with van der Waals surface area (Å²) in [6.45, 7) is 0.971. The summed E-state index contributed by atoms with van der Waals surface area (Å²) in [4.78, 5) is 34.9. The summed E-state index contributed by atoms with van der Waals surface area (Å²) in [5.74, 6) is -6.57. The summed E-state index contributed by atoms with van der Waals surface area (Å²) in [5.41, 5.74) is 0. The molecule has 0 radical (unpaired) electrons. The predicted octanol–water partition coefficient (Wildman–Crippen LogP) is -4.56. The second-order valence-electron chi connectivity index (χ2n) is 5.21. The Kier molecular flexibility index (Phi) is 9.14. The summed E-state index contributed by atoms with van der Waals surface area (Å²) >= 11 is 0. The molecule has 140 valence electrons. The largest absolute Gasteiger partial charge is 0.394 e. The molecule has 0 aromatic rings. The first kappa shape index (κ1) is 22.5. The van der Waals surface area contributed by atoms with Crippen molar-refractivity contribution in [3.8, 4) is 0 Å². The van der Waals surface area contributed by atoms with E-state index in [1.165, 1.54) is 0 Å². The van der Waals surface area contributed by atoms with E-state index >= 15 is 0 Å². The number of aliphatic hydroxyl groups is 7. The van der Waals surface area contributed by atoms with Crippen LogP contribution in [0.4, 0.5) is 0 Å². The molecule has 0 aliphatic carbocycles. The highest BCUT2D eigenvalue weighted by molar-refractivity contribution is 6.05. The van der Waals surface area contributed by atoms with E-state index in [0.29, 0.717) is 0 Å². The van der Waals surface area contributed by atoms with Gasteiger partial charge in [-0.3, -0.25) is 9.59 Å². The maximum absolute atomic E-state index is 12.0. The lowest BCUT2D eigenvalue weighted by Gasteiger charge is -2.27. The number of Topliss-reactive ketones (excluding diaryl/α,β-unsaturated/α-hetero) is 1. The number of aliphatic hydroxyl groups excluding tert-OH is 7. The van der Waals surface area contributed by atoms with Gasteiger partial charge in [0.2, 0.25) is 0 Å². The van der Waals surface area contributed by atoms with Crippen molar-refractivity contribution in [3.05, 3.63) is 0 Å². The maximum atomic E-state index is 12.0. The van der Waals surface area contributed by atoms with Crippen LogP contribution in [0, 0.1) is 5.92 Å². The maximum Gasteiger partial charge on any atom is 0.342 e. The van der Waals surface area contributed by atoms with E-state index in [1.54, 1.807) is 0 Å².